The second-order valence-electron chi connectivity index (χ2n) is 3.30. The first-order valence-corrected chi connectivity index (χ1v) is 4.54. The van der Waals surface area contributed by atoms with Gasteiger partial charge in [-0.3, -0.25) is 0 Å². The van der Waals surface area contributed by atoms with E-state index >= 15 is 0 Å². The molecule has 0 rings (SSSR count). The van der Waals surface area contributed by atoms with Gasteiger partial charge in [-0.2, -0.15) is 0 Å². The minimum Gasteiger partial charge on any atom is -0.364 e. The number of carbonyl (C=O) groups excluding carboxylic acids is 1. The molecule has 0 amide bonds. The molecule has 0 saturated heterocycles. The van der Waals surface area contributed by atoms with E-state index in [1.54, 1.807) is 13.8 Å². The van der Waals surface area contributed by atoms with Crippen LogP contribution in [-0.2, 0) is 9.53 Å². The lowest BCUT2D eigenvalue weighted by Crippen LogP contribution is -2.25. The van der Waals surface area contributed by atoms with Crippen LogP contribution in [0.25, 0.3) is 0 Å². The predicted octanol–water partition coefficient (Wildman–Crippen LogP) is 2.50. The maximum absolute atomic E-state index is 10.4. The van der Waals surface area contributed by atoms with Crippen molar-refractivity contribution in [2.45, 2.75) is 32.8 Å². The molecule has 2 nitrogen and oxygen atoms in total. The minimum absolute atomic E-state index is 0.472. The standard InChI is InChI=1S/C11H18O2/c1-4-5-6-7-8-9-13-11(2,3)10-12/h5-8,10H,4,9H2,1-3H3/b6-5-,8-7-. The molecule has 0 saturated carbocycles. The molecule has 0 aromatic carbocycles. The molecular weight excluding hydrogens is 164 g/mol. The van der Waals surface area contributed by atoms with Gasteiger partial charge in [0.15, 0.2) is 6.29 Å². The molecule has 0 aliphatic rings. The lowest BCUT2D eigenvalue weighted by Gasteiger charge is -2.15. The van der Waals surface area contributed by atoms with Crippen molar-refractivity contribution in [3.8, 4) is 0 Å². The van der Waals surface area contributed by atoms with E-state index in [2.05, 4.69) is 13.0 Å². The van der Waals surface area contributed by atoms with Gasteiger partial charge in [0.1, 0.15) is 5.60 Å². The third kappa shape index (κ3) is 7.47. The SMILES string of the molecule is CC/C=C\C=C/COC(C)(C)C=O. The molecule has 0 fully saturated rings. The van der Waals surface area contributed by atoms with Crippen LogP contribution in [0.5, 0.6) is 0 Å². The molecular formula is C11H18O2. The fourth-order valence-electron chi connectivity index (χ4n) is 0.646. The van der Waals surface area contributed by atoms with Gasteiger partial charge in [-0.15, -0.1) is 0 Å². The molecule has 0 radical (unpaired) electrons. The number of rotatable bonds is 6. The molecule has 0 aromatic heterocycles. The summed E-state index contributed by atoms with van der Waals surface area (Å²) in [4.78, 5) is 10.4. The van der Waals surface area contributed by atoms with E-state index in [0.29, 0.717) is 6.61 Å². The molecule has 0 spiro atoms. The third-order valence-corrected chi connectivity index (χ3v) is 1.45. The highest BCUT2D eigenvalue weighted by Gasteiger charge is 2.14. The van der Waals surface area contributed by atoms with Crippen molar-refractivity contribution >= 4 is 6.29 Å². The summed E-state index contributed by atoms with van der Waals surface area (Å²) in [5.41, 5.74) is -0.668. The van der Waals surface area contributed by atoms with Gasteiger partial charge < -0.3 is 9.53 Å². The minimum atomic E-state index is -0.668. The zero-order chi connectivity index (χ0) is 10.2. The summed E-state index contributed by atoms with van der Waals surface area (Å²) in [6, 6.07) is 0. The maximum atomic E-state index is 10.4. The van der Waals surface area contributed by atoms with Crippen LogP contribution in [0.4, 0.5) is 0 Å². The average Bonchev–Trinajstić information content (AvgIpc) is 2.11. The summed E-state index contributed by atoms with van der Waals surface area (Å²) in [6.45, 7) is 6.04. The van der Waals surface area contributed by atoms with E-state index in [-0.39, 0.29) is 0 Å². The largest absolute Gasteiger partial charge is 0.364 e. The van der Waals surface area contributed by atoms with Crippen LogP contribution in [0.2, 0.25) is 0 Å². The van der Waals surface area contributed by atoms with Crippen LogP contribution in [0.15, 0.2) is 24.3 Å². The number of allylic oxidation sites excluding steroid dienone is 3. The van der Waals surface area contributed by atoms with Crippen LogP contribution in [-0.4, -0.2) is 18.5 Å². The van der Waals surface area contributed by atoms with Gasteiger partial charge >= 0.3 is 0 Å². The van der Waals surface area contributed by atoms with Crippen molar-refractivity contribution in [2.75, 3.05) is 6.61 Å². The van der Waals surface area contributed by atoms with E-state index in [4.69, 9.17) is 4.74 Å². The Morgan fingerprint density at radius 3 is 2.38 bits per heavy atom. The second-order valence-corrected chi connectivity index (χ2v) is 3.30. The van der Waals surface area contributed by atoms with Crippen molar-refractivity contribution in [1.82, 2.24) is 0 Å². The highest BCUT2D eigenvalue weighted by atomic mass is 16.5. The zero-order valence-electron chi connectivity index (χ0n) is 8.62. The average molecular weight is 182 g/mol. The highest BCUT2D eigenvalue weighted by Crippen LogP contribution is 2.03. The lowest BCUT2D eigenvalue weighted by atomic mass is 10.2. The number of carbonyl (C=O) groups is 1. The summed E-state index contributed by atoms with van der Waals surface area (Å²) < 4.78 is 5.27. The van der Waals surface area contributed by atoms with E-state index in [1.165, 1.54) is 0 Å². The highest BCUT2D eigenvalue weighted by molar-refractivity contribution is 5.60. The van der Waals surface area contributed by atoms with Gasteiger partial charge in [0.2, 0.25) is 0 Å². The van der Waals surface area contributed by atoms with Gasteiger partial charge in [0.05, 0.1) is 6.61 Å². The van der Waals surface area contributed by atoms with Crippen molar-refractivity contribution in [3.05, 3.63) is 24.3 Å². The predicted molar refractivity (Wildman–Crippen MR) is 54.7 cm³/mol. The Morgan fingerprint density at radius 1 is 1.23 bits per heavy atom. The van der Waals surface area contributed by atoms with Gasteiger partial charge in [0.25, 0.3) is 0 Å². The fraction of sp³-hybridized carbons (Fsp3) is 0.545. The molecule has 0 unspecified atom stereocenters. The molecule has 74 valence electrons. The number of hydrogen-bond acceptors (Lipinski definition) is 2. The molecule has 0 aliphatic heterocycles. The van der Waals surface area contributed by atoms with Crippen molar-refractivity contribution in [1.29, 1.82) is 0 Å². The summed E-state index contributed by atoms with van der Waals surface area (Å²) >= 11 is 0. The molecule has 0 heterocycles. The van der Waals surface area contributed by atoms with E-state index < -0.39 is 5.60 Å². The third-order valence-electron chi connectivity index (χ3n) is 1.45. The molecule has 0 aromatic rings. The van der Waals surface area contributed by atoms with Crippen LogP contribution in [0.3, 0.4) is 0 Å². The van der Waals surface area contributed by atoms with Crippen LogP contribution < -0.4 is 0 Å². The molecule has 0 bridgehead atoms. The summed E-state index contributed by atoms with van der Waals surface area (Å²) in [5, 5.41) is 0. The van der Waals surface area contributed by atoms with Crippen LogP contribution in [0.1, 0.15) is 27.2 Å². The maximum Gasteiger partial charge on any atom is 0.151 e. The van der Waals surface area contributed by atoms with Gasteiger partial charge in [-0.05, 0) is 20.3 Å². The van der Waals surface area contributed by atoms with E-state index in [0.717, 1.165) is 12.7 Å². The van der Waals surface area contributed by atoms with Crippen LogP contribution in [0, 0.1) is 0 Å². The Balaban J connectivity index is 3.61. The Morgan fingerprint density at radius 2 is 1.85 bits per heavy atom. The summed E-state index contributed by atoms with van der Waals surface area (Å²) in [5.74, 6) is 0. The Labute approximate surface area is 80.3 Å². The number of hydrogen-bond donors (Lipinski definition) is 0. The van der Waals surface area contributed by atoms with E-state index in [1.807, 2.05) is 18.2 Å². The molecule has 13 heavy (non-hydrogen) atoms. The molecule has 0 aliphatic carbocycles. The Bertz CT molecular complexity index is 190. The van der Waals surface area contributed by atoms with Crippen LogP contribution >= 0.6 is 0 Å². The smallest absolute Gasteiger partial charge is 0.151 e. The first-order valence-electron chi connectivity index (χ1n) is 4.54. The number of aldehydes is 1. The Hall–Kier alpha value is -0.890. The summed E-state index contributed by atoms with van der Waals surface area (Å²) in [7, 11) is 0. The molecule has 0 N–H and O–H groups in total. The molecule has 2 heteroatoms. The first kappa shape index (κ1) is 12.1. The van der Waals surface area contributed by atoms with Gasteiger partial charge in [-0.1, -0.05) is 31.2 Å². The second kappa shape index (κ2) is 6.61. The quantitative estimate of drug-likeness (QED) is 0.466. The van der Waals surface area contributed by atoms with Crippen molar-refractivity contribution in [2.24, 2.45) is 0 Å². The fourth-order valence-corrected chi connectivity index (χ4v) is 0.646. The van der Waals surface area contributed by atoms with E-state index in [9.17, 15) is 4.79 Å². The topological polar surface area (TPSA) is 26.3 Å². The number of ether oxygens (including phenoxy) is 1. The molecule has 0 atom stereocenters. The van der Waals surface area contributed by atoms with Gasteiger partial charge in [0, 0.05) is 0 Å². The monoisotopic (exact) mass is 182 g/mol. The van der Waals surface area contributed by atoms with Gasteiger partial charge in [-0.25, -0.2) is 0 Å². The first-order chi connectivity index (χ1) is 6.12. The summed E-state index contributed by atoms with van der Waals surface area (Å²) in [6.07, 6.45) is 9.67. The Kier molecular flexibility index (Phi) is 6.15. The normalized spacial score (nSPS) is 12.8. The van der Waals surface area contributed by atoms with Crippen molar-refractivity contribution < 1.29 is 9.53 Å². The zero-order valence-corrected chi connectivity index (χ0v) is 8.62. The lowest BCUT2D eigenvalue weighted by molar-refractivity contribution is -0.125. The van der Waals surface area contributed by atoms with Crippen molar-refractivity contribution in [3.63, 3.8) is 0 Å².